The maximum absolute atomic E-state index is 2.44. The van der Waals surface area contributed by atoms with Gasteiger partial charge in [-0.1, -0.05) is 152 Å². The normalized spacial score (nSPS) is 11.8. The van der Waals surface area contributed by atoms with Crippen LogP contribution in [0.4, 0.5) is 0 Å². The zero-order valence-corrected chi connectivity index (χ0v) is 34.4. The summed E-state index contributed by atoms with van der Waals surface area (Å²) in [4.78, 5) is 0. The summed E-state index contributed by atoms with van der Waals surface area (Å²) < 4.78 is 7.21. The predicted molar refractivity (Wildman–Crippen MR) is 266 cm³/mol. The Morgan fingerprint density at radius 2 is 0.571 bits per heavy atom. The van der Waals surface area contributed by atoms with Crippen molar-refractivity contribution >= 4 is 65.4 Å². The molecule has 0 aliphatic rings. The SMILES string of the molecule is c1ccc(-n2c3ccccc3c3cc(-c4ccc(-c5cc(-c6ccc(-n7c8ccccc8c8ccccc87)cc6)c6c(c5)c5ccccc5n6-c5ccccc5)cc4)ccc32)cc1. The minimum absolute atomic E-state index is 1.14. The summed E-state index contributed by atoms with van der Waals surface area (Å²) in [6.07, 6.45) is 0. The van der Waals surface area contributed by atoms with Gasteiger partial charge < -0.3 is 13.7 Å². The van der Waals surface area contributed by atoms with Gasteiger partial charge in [-0.05, 0) is 113 Å². The summed E-state index contributed by atoms with van der Waals surface area (Å²) in [5.41, 5.74) is 17.8. The summed E-state index contributed by atoms with van der Waals surface area (Å²) in [6, 6.07) is 86.4. The van der Waals surface area contributed by atoms with Gasteiger partial charge in [-0.15, -0.1) is 0 Å². The van der Waals surface area contributed by atoms with Crippen LogP contribution >= 0.6 is 0 Å². The van der Waals surface area contributed by atoms with Crippen molar-refractivity contribution < 1.29 is 0 Å². The molecule has 0 bridgehead atoms. The minimum Gasteiger partial charge on any atom is -0.309 e. The molecule has 0 saturated carbocycles. The van der Waals surface area contributed by atoms with Crippen LogP contribution in [0.5, 0.6) is 0 Å². The highest BCUT2D eigenvalue weighted by Crippen LogP contribution is 2.43. The molecule has 3 aromatic heterocycles. The molecule has 0 N–H and O–H groups in total. The number of fused-ring (bicyclic) bond motifs is 9. The maximum Gasteiger partial charge on any atom is 0.0619 e. The molecular formula is C60H39N3. The number of hydrogen-bond acceptors (Lipinski definition) is 0. The van der Waals surface area contributed by atoms with Gasteiger partial charge in [0.15, 0.2) is 0 Å². The molecule has 294 valence electrons. The first-order valence-electron chi connectivity index (χ1n) is 21.7. The Bertz CT molecular complexity index is 3810. The lowest BCUT2D eigenvalue weighted by atomic mass is 9.94. The van der Waals surface area contributed by atoms with E-state index in [2.05, 4.69) is 250 Å². The molecule has 63 heavy (non-hydrogen) atoms. The van der Waals surface area contributed by atoms with Crippen molar-refractivity contribution in [3.63, 3.8) is 0 Å². The highest BCUT2D eigenvalue weighted by Gasteiger charge is 2.20. The van der Waals surface area contributed by atoms with Crippen LogP contribution in [-0.2, 0) is 0 Å². The number of para-hydroxylation sites is 6. The first kappa shape index (κ1) is 35.4. The van der Waals surface area contributed by atoms with Crippen molar-refractivity contribution in [2.45, 2.75) is 0 Å². The van der Waals surface area contributed by atoms with Crippen LogP contribution in [-0.4, -0.2) is 13.7 Å². The van der Waals surface area contributed by atoms with E-state index in [0.717, 1.165) is 11.4 Å². The van der Waals surface area contributed by atoms with Crippen LogP contribution in [0.15, 0.2) is 237 Å². The lowest BCUT2D eigenvalue weighted by Gasteiger charge is -2.15. The third kappa shape index (κ3) is 5.53. The van der Waals surface area contributed by atoms with E-state index >= 15 is 0 Å². The molecule has 13 aromatic rings. The van der Waals surface area contributed by atoms with E-state index < -0.39 is 0 Å². The quantitative estimate of drug-likeness (QED) is 0.159. The molecule has 0 radical (unpaired) electrons. The molecule has 0 amide bonds. The second-order valence-corrected chi connectivity index (χ2v) is 16.5. The van der Waals surface area contributed by atoms with Crippen molar-refractivity contribution in [3.05, 3.63) is 237 Å². The number of aromatic nitrogens is 3. The van der Waals surface area contributed by atoms with Gasteiger partial charge in [-0.3, -0.25) is 0 Å². The number of benzene rings is 10. The lowest BCUT2D eigenvalue weighted by molar-refractivity contribution is 1.17. The van der Waals surface area contributed by atoms with Crippen LogP contribution < -0.4 is 0 Å². The van der Waals surface area contributed by atoms with E-state index in [4.69, 9.17) is 0 Å². The number of nitrogens with zero attached hydrogens (tertiary/aromatic N) is 3. The summed E-state index contributed by atoms with van der Waals surface area (Å²) in [7, 11) is 0. The molecule has 0 spiro atoms. The second kappa shape index (κ2) is 14.1. The van der Waals surface area contributed by atoms with Gasteiger partial charge in [-0.2, -0.15) is 0 Å². The highest BCUT2D eigenvalue weighted by atomic mass is 15.0. The molecule has 0 aliphatic carbocycles. The summed E-state index contributed by atoms with van der Waals surface area (Å²) in [5.74, 6) is 0. The average molecular weight is 802 g/mol. The third-order valence-electron chi connectivity index (χ3n) is 13.0. The van der Waals surface area contributed by atoms with Gasteiger partial charge in [0.2, 0.25) is 0 Å². The first-order chi connectivity index (χ1) is 31.3. The zero-order chi connectivity index (χ0) is 41.4. The van der Waals surface area contributed by atoms with Gasteiger partial charge in [0.05, 0.1) is 33.1 Å². The predicted octanol–water partition coefficient (Wildman–Crippen LogP) is 16.0. The van der Waals surface area contributed by atoms with Crippen molar-refractivity contribution in [2.24, 2.45) is 0 Å². The van der Waals surface area contributed by atoms with Crippen LogP contribution in [0.25, 0.3) is 116 Å². The number of hydrogen-bond donors (Lipinski definition) is 0. The molecule has 0 atom stereocenters. The fourth-order valence-corrected chi connectivity index (χ4v) is 10.2. The van der Waals surface area contributed by atoms with E-state index in [1.807, 2.05) is 0 Å². The van der Waals surface area contributed by atoms with E-state index in [-0.39, 0.29) is 0 Å². The fourth-order valence-electron chi connectivity index (χ4n) is 10.2. The zero-order valence-electron chi connectivity index (χ0n) is 34.4. The molecule has 10 aromatic carbocycles. The summed E-state index contributed by atoms with van der Waals surface area (Å²) >= 11 is 0. The van der Waals surface area contributed by atoms with Crippen molar-refractivity contribution in [3.8, 4) is 50.4 Å². The fraction of sp³-hybridized carbons (Fsp3) is 0. The molecule has 3 heterocycles. The van der Waals surface area contributed by atoms with E-state index in [0.29, 0.717) is 0 Å². The van der Waals surface area contributed by atoms with Gasteiger partial charge in [0.25, 0.3) is 0 Å². The lowest BCUT2D eigenvalue weighted by Crippen LogP contribution is -1.96. The molecular weight excluding hydrogens is 763 g/mol. The monoisotopic (exact) mass is 801 g/mol. The van der Waals surface area contributed by atoms with E-state index in [9.17, 15) is 0 Å². The minimum atomic E-state index is 1.14. The van der Waals surface area contributed by atoms with Crippen molar-refractivity contribution in [1.82, 2.24) is 13.7 Å². The molecule has 0 unspecified atom stereocenters. The van der Waals surface area contributed by atoms with Crippen LogP contribution in [0.3, 0.4) is 0 Å². The molecule has 13 rings (SSSR count). The Labute approximate surface area is 364 Å². The molecule has 0 aliphatic heterocycles. The smallest absolute Gasteiger partial charge is 0.0619 e. The molecule has 3 nitrogen and oxygen atoms in total. The molecule has 0 saturated heterocycles. The van der Waals surface area contributed by atoms with Crippen molar-refractivity contribution in [1.29, 1.82) is 0 Å². The maximum atomic E-state index is 2.44. The van der Waals surface area contributed by atoms with Crippen molar-refractivity contribution in [2.75, 3.05) is 0 Å². The second-order valence-electron chi connectivity index (χ2n) is 16.5. The topological polar surface area (TPSA) is 14.8 Å². The summed E-state index contributed by atoms with van der Waals surface area (Å²) in [5, 5.41) is 7.51. The van der Waals surface area contributed by atoms with Crippen LogP contribution in [0.2, 0.25) is 0 Å². The Morgan fingerprint density at radius 3 is 1.13 bits per heavy atom. The Morgan fingerprint density at radius 1 is 0.206 bits per heavy atom. The molecule has 0 fully saturated rings. The number of rotatable bonds is 6. The van der Waals surface area contributed by atoms with E-state index in [1.54, 1.807) is 0 Å². The Balaban J connectivity index is 0.964. The van der Waals surface area contributed by atoms with Gasteiger partial charge in [0, 0.05) is 54.9 Å². The Hall–Kier alpha value is -8.40. The largest absolute Gasteiger partial charge is 0.309 e. The van der Waals surface area contributed by atoms with Crippen LogP contribution in [0, 0.1) is 0 Å². The molecule has 3 heteroatoms. The Kier molecular flexibility index (Phi) is 7.91. The standard InChI is InChI=1S/C60H39N3/c1-3-15-45(16-4-1)61-57-25-13-9-21-50(57)53-37-43(33-36-59(53)61)40-27-29-41(30-28-40)44-38-52(60-54(39-44)51-22-10-14-26-58(51)63(60)46-17-5-2-6-18-46)42-31-34-47(35-32-42)62-55-23-11-7-19-48(55)49-20-8-12-24-56(49)62/h1-39H. The van der Waals surface area contributed by atoms with E-state index in [1.165, 1.54) is 104 Å². The average Bonchev–Trinajstić information content (AvgIpc) is 4.00. The van der Waals surface area contributed by atoms with Gasteiger partial charge in [-0.25, -0.2) is 0 Å². The summed E-state index contributed by atoms with van der Waals surface area (Å²) in [6.45, 7) is 0. The highest BCUT2D eigenvalue weighted by molar-refractivity contribution is 6.16. The van der Waals surface area contributed by atoms with Gasteiger partial charge in [0.1, 0.15) is 0 Å². The third-order valence-corrected chi connectivity index (χ3v) is 13.0. The first-order valence-corrected chi connectivity index (χ1v) is 21.7. The van der Waals surface area contributed by atoms with Gasteiger partial charge >= 0.3 is 0 Å². The van der Waals surface area contributed by atoms with Crippen LogP contribution in [0.1, 0.15) is 0 Å².